The van der Waals surface area contributed by atoms with Gasteiger partial charge in [-0.15, -0.1) is 0 Å². The van der Waals surface area contributed by atoms with E-state index in [1.165, 1.54) is 0 Å². The summed E-state index contributed by atoms with van der Waals surface area (Å²) in [6.45, 7) is 0. The number of imidazole rings is 1. The Morgan fingerprint density at radius 3 is 2.85 bits per heavy atom. The third kappa shape index (κ3) is 1.69. The Bertz CT molecular complexity index is 382. The van der Waals surface area contributed by atoms with Gasteiger partial charge in [-0.25, -0.2) is 4.98 Å². The number of hydrogen-bond acceptors (Lipinski definition) is 2. The van der Waals surface area contributed by atoms with Crippen molar-refractivity contribution in [1.82, 2.24) is 9.97 Å². The van der Waals surface area contributed by atoms with Crippen LogP contribution in [0.3, 0.4) is 0 Å². The molecule has 3 nitrogen and oxygen atoms in total. The first-order valence-corrected chi connectivity index (χ1v) is 4.11. The molecule has 0 atom stereocenters. The minimum Gasteiger partial charge on any atom is -0.508 e. The van der Waals surface area contributed by atoms with Gasteiger partial charge in [0, 0.05) is 24.4 Å². The van der Waals surface area contributed by atoms with Gasteiger partial charge in [0.1, 0.15) is 11.6 Å². The fraction of sp³-hybridized carbons (Fsp3) is 0.100. The van der Waals surface area contributed by atoms with E-state index in [1.807, 2.05) is 12.1 Å². The van der Waals surface area contributed by atoms with Crippen LogP contribution in [-0.4, -0.2) is 15.1 Å². The molecule has 2 N–H and O–H groups in total. The van der Waals surface area contributed by atoms with Gasteiger partial charge in [0.05, 0.1) is 0 Å². The highest BCUT2D eigenvalue weighted by Gasteiger charge is 2.01. The third-order valence-electron chi connectivity index (χ3n) is 1.90. The van der Waals surface area contributed by atoms with Crippen molar-refractivity contribution in [1.29, 1.82) is 0 Å². The molecule has 3 heteroatoms. The number of benzene rings is 1. The van der Waals surface area contributed by atoms with E-state index in [9.17, 15) is 5.11 Å². The van der Waals surface area contributed by atoms with Crippen LogP contribution >= 0.6 is 0 Å². The Morgan fingerprint density at radius 1 is 1.31 bits per heavy atom. The summed E-state index contributed by atoms with van der Waals surface area (Å²) in [4.78, 5) is 7.08. The van der Waals surface area contributed by atoms with Gasteiger partial charge in [0.25, 0.3) is 0 Å². The highest BCUT2D eigenvalue weighted by molar-refractivity contribution is 5.33. The Kier molecular flexibility index (Phi) is 2.00. The monoisotopic (exact) mass is 174 g/mol. The molecule has 0 unspecified atom stereocenters. The van der Waals surface area contributed by atoms with E-state index in [1.54, 1.807) is 24.5 Å². The highest BCUT2D eigenvalue weighted by atomic mass is 16.3. The number of aromatic hydroxyl groups is 1. The second-order valence-electron chi connectivity index (χ2n) is 2.84. The topological polar surface area (TPSA) is 48.9 Å². The Hall–Kier alpha value is -1.77. The number of phenols is 1. The maximum atomic E-state index is 9.47. The predicted molar refractivity (Wildman–Crippen MR) is 49.5 cm³/mol. The fourth-order valence-corrected chi connectivity index (χ4v) is 1.24. The molecule has 0 bridgehead atoms. The van der Waals surface area contributed by atoms with Crippen molar-refractivity contribution in [3.8, 4) is 5.75 Å². The summed E-state index contributed by atoms with van der Waals surface area (Å²) in [6, 6.07) is 7.27. The molecule has 0 spiro atoms. The lowest BCUT2D eigenvalue weighted by Crippen LogP contribution is -1.90. The molecular formula is C10H10N2O. The van der Waals surface area contributed by atoms with Crippen LogP contribution in [0.1, 0.15) is 11.4 Å². The van der Waals surface area contributed by atoms with E-state index in [-0.39, 0.29) is 0 Å². The van der Waals surface area contributed by atoms with E-state index in [4.69, 9.17) is 0 Å². The first-order chi connectivity index (χ1) is 6.36. The number of nitrogens with zero attached hydrogens (tertiary/aromatic N) is 1. The first-order valence-electron chi connectivity index (χ1n) is 4.11. The van der Waals surface area contributed by atoms with E-state index < -0.39 is 0 Å². The molecule has 0 aliphatic rings. The molecule has 1 heterocycles. The standard InChI is InChI=1S/C10H10N2O/c13-9-4-2-1-3-8(9)7-10-11-5-6-12-10/h1-6,13H,7H2,(H,11,12). The Morgan fingerprint density at radius 2 is 2.15 bits per heavy atom. The van der Waals surface area contributed by atoms with Crippen LogP contribution in [0.15, 0.2) is 36.7 Å². The molecule has 1 aromatic carbocycles. The SMILES string of the molecule is Oc1ccccc1Cc1ncc[nH]1. The summed E-state index contributed by atoms with van der Waals surface area (Å²) in [5.41, 5.74) is 0.887. The van der Waals surface area contributed by atoms with Gasteiger partial charge >= 0.3 is 0 Å². The Balaban J connectivity index is 2.24. The number of nitrogens with one attached hydrogen (secondary N) is 1. The average molecular weight is 174 g/mol. The summed E-state index contributed by atoms with van der Waals surface area (Å²) in [5.74, 6) is 1.18. The van der Waals surface area contributed by atoms with Gasteiger partial charge in [-0.2, -0.15) is 0 Å². The first kappa shape index (κ1) is 7.86. The largest absolute Gasteiger partial charge is 0.508 e. The normalized spacial score (nSPS) is 10.2. The van der Waals surface area contributed by atoms with Gasteiger partial charge in [-0.05, 0) is 6.07 Å². The lowest BCUT2D eigenvalue weighted by Gasteiger charge is -2.00. The van der Waals surface area contributed by atoms with Crippen LogP contribution in [0.2, 0.25) is 0 Å². The van der Waals surface area contributed by atoms with Crippen molar-refractivity contribution in [3.05, 3.63) is 48.0 Å². The molecule has 1 aromatic heterocycles. The molecule has 0 saturated carbocycles. The summed E-state index contributed by atoms with van der Waals surface area (Å²) in [5, 5.41) is 9.47. The number of aromatic amines is 1. The van der Waals surface area contributed by atoms with Crippen molar-refractivity contribution in [2.75, 3.05) is 0 Å². The van der Waals surface area contributed by atoms with Crippen LogP contribution < -0.4 is 0 Å². The molecule has 2 aromatic rings. The minimum atomic E-state index is 0.318. The maximum Gasteiger partial charge on any atom is 0.119 e. The highest BCUT2D eigenvalue weighted by Crippen LogP contribution is 2.17. The van der Waals surface area contributed by atoms with Crippen molar-refractivity contribution >= 4 is 0 Å². The molecule has 0 saturated heterocycles. The molecule has 66 valence electrons. The summed E-state index contributed by atoms with van der Waals surface area (Å²) < 4.78 is 0. The fourth-order valence-electron chi connectivity index (χ4n) is 1.24. The van der Waals surface area contributed by atoms with Crippen LogP contribution in [-0.2, 0) is 6.42 Å². The van der Waals surface area contributed by atoms with Crippen LogP contribution in [0, 0.1) is 0 Å². The lowest BCUT2D eigenvalue weighted by molar-refractivity contribution is 0.469. The van der Waals surface area contributed by atoms with Crippen LogP contribution in [0.25, 0.3) is 0 Å². The minimum absolute atomic E-state index is 0.318. The zero-order chi connectivity index (χ0) is 9.10. The average Bonchev–Trinajstić information content (AvgIpc) is 2.61. The van der Waals surface area contributed by atoms with Crippen molar-refractivity contribution in [2.24, 2.45) is 0 Å². The maximum absolute atomic E-state index is 9.47. The van der Waals surface area contributed by atoms with E-state index in [0.717, 1.165) is 11.4 Å². The van der Waals surface area contributed by atoms with Crippen molar-refractivity contribution < 1.29 is 5.11 Å². The van der Waals surface area contributed by atoms with E-state index in [2.05, 4.69) is 9.97 Å². The second-order valence-corrected chi connectivity index (χ2v) is 2.84. The van der Waals surface area contributed by atoms with Gasteiger partial charge in [-0.3, -0.25) is 0 Å². The second kappa shape index (κ2) is 3.31. The summed E-state index contributed by atoms with van der Waals surface area (Å²) >= 11 is 0. The lowest BCUT2D eigenvalue weighted by atomic mass is 10.1. The zero-order valence-corrected chi connectivity index (χ0v) is 7.07. The van der Waals surface area contributed by atoms with E-state index in [0.29, 0.717) is 12.2 Å². The molecular weight excluding hydrogens is 164 g/mol. The number of para-hydroxylation sites is 1. The third-order valence-corrected chi connectivity index (χ3v) is 1.90. The van der Waals surface area contributed by atoms with E-state index >= 15 is 0 Å². The molecule has 0 aliphatic heterocycles. The zero-order valence-electron chi connectivity index (χ0n) is 7.07. The van der Waals surface area contributed by atoms with Crippen molar-refractivity contribution in [2.45, 2.75) is 6.42 Å². The predicted octanol–water partition coefficient (Wildman–Crippen LogP) is 1.71. The van der Waals surface area contributed by atoms with Crippen LogP contribution in [0.4, 0.5) is 0 Å². The van der Waals surface area contributed by atoms with Gasteiger partial charge in [0.15, 0.2) is 0 Å². The number of hydrogen-bond donors (Lipinski definition) is 2. The number of aromatic nitrogens is 2. The molecule has 0 amide bonds. The number of H-pyrrole nitrogens is 1. The molecule has 2 rings (SSSR count). The molecule has 13 heavy (non-hydrogen) atoms. The summed E-state index contributed by atoms with van der Waals surface area (Å²) in [7, 11) is 0. The quantitative estimate of drug-likeness (QED) is 0.728. The Labute approximate surface area is 76.1 Å². The van der Waals surface area contributed by atoms with Crippen molar-refractivity contribution in [3.63, 3.8) is 0 Å². The van der Waals surface area contributed by atoms with Gasteiger partial charge in [0.2, 0.25) is 0 Å². The van der Waals surface area contributed by atoms with Crippen LogP contribution in [0.5, 0.6) is 5.75 Å². The smallest absolute Gasteiger partial charge is 0.119 e. The van der Waals surface area contributed by atoms with Gasteiger partial charge in [-0.1, -0.05) is 18.2 Å². The summed E-state index contributed by atoms with van der Waals surface area (Å²) in [6.07, 6.45) is 4.12. The number of rotatable bonds is 2. The van der Waals surface area contributed by atoms with Gasteiger partial charge < -0.3 is 10.1 Å². The molecule has 0 radical (unpaired) electrons. The molecule has 0 fully saturated rings. The molecule has 0 aliphatic carbocycles. The number of phenolic OH excluding ortho intramolecular Hbond substituents is 1.